The van der Waals surface area contributed by atoms with E-state index in [0.717, 1.165) is 44.1 Å². The number of carbonyl (C=O) groups excluding carboxylic acids is 1. The molecule has 19 heavy (non-hydrogen) atoms. The van der Waals surface area contributed by atoms with Crippen molar-refractivity contribution in [1.82, 2.24) is 15.5 Å². The predicted octanol–water partition coefficient (Wildman–Crippen LogP) is 1.14. The van der Waals surface area contributed by atoms with Crippen LogP contribution in [0.1, 0.15) is 33.1 Å². The third-order valence-corrected chi connectivity index (χ3v) is 4.36. The fraction of sp³-hybridized carbons (Fsp3) is 0.800. The number of likely N-dealkylation sites (tertiary alicyclic amines) is 1. The first-order chi connectivity index (χ1) is 9.16. The van der Waals surface area contributed by atoms with Crippen molar-refractivity contribution in [2.75, 3.05) is 39.3 Å². The number of rotatable bonds is 5. The summed E-state index contributed by atoms with van der Waals surface area (Å²) >= 11 is 0. The molecule has 108 valence electrons. The Hall–Kier alpha value is -0.870. The molecule has 0 aromatic heterocycles. The first-order valence-corrected chi connectivity index (χ1v) is 7.56. The minimum absolute atomic E-state index is 0.115. The minimum atomic E-state index is 0.115. The lowest BCUT2D eigenvalue weighted by Crippen LogP contribution is -2.38. The van der Waals surface area contributed by atoms with E-state index < -0.39 is 0 Å². The first-order valence-electron chi connectivity index (χ1n) is 7.56. The predicted molar refractivity (Wildman–Crippen MR) is 78.0 cm³/mol. The van der Waals surface area contributed by atoms with Crippen molar-refractivity contribution in [3.05, 3.63) is 11.1 Å². The van der Waals surface area contributed by atoms with E-state index >= 15 is 0 Å². The van der Waals surface area contributed by atoms with E-state index in [1.807, 2.05) is 6.92 Å². The average molecular weight is 265 g/mol. The Morgan fingerprint density at radius 2 is 2.05 bits per heavy atom. The zero-order chi connectivity index (χ0) is 13.7. The van der Waals surface area contributed by atoms with E-state index in [1.54, 1.807) is 0 Å². The SMILES string of the molecule is CC(C(=O)NCCCN1CCC(C)CC1)=C1CNC1. The van der Waals surface area contributed by atoms with Crippen LogP contribution in [0.15, 0.2) is 11.1 Å². The monoisotopic (exact) mass is 265 g/mol. The van der Waals surface area contributed by atoms with Crippen molar-refractivity contribution in [2.45, 2.75) is 33.1 Å². The van der Waals surface area contributed by atoms with Crippen LogP contribution >= 0.6 is 0 Å². The van der Waals surface area contributed by atoms with E-state index in [-0.39, 0.29) is 5.91 Å². The molecule has 4 nitrogen and oxygen atoms in total. The highest BCUT2D eigenvalue weighted by Gasteiger charge is 2.16. The molecule has 0 saturated carbocycles. The molecule has 0 aromatic carbocycles. The first kappa shape index (κ1) is 14.5. The van der Waals surface area contributed by atoms with Gasteiger partial charge in [0.05, 0.1) is 0 Å². The normalized spacial score (nSPS) is 21.1. The van der Waals surface area contributed by atoms with Gasteiger partial charge in [0.25, 0.3) is 0 Å². The van der Waals surface area contributed by atoms with Gasteiger partial charge in [-0.1, -0.05) is 6.92 Å². The van der Waals surface area contributed by atoms with Gasteiger partial charge in [0.2, 0.25) is 5.91 Å². The molecule has 2 N–H and O–H groups in total. The number of hydrogen-bond donors (Lipinski definition) is 2. The van der Waals surface area contributed by atoms with Gasteiger partial charge in [0.15, 0.2) is 0 Å². The molecule has 0 radical (unpaired) electrons. The number of nitrogens with one attached hydrogen (secondary N) is 2. The summed E-state index contributed by atoms with van der Waals surface area (Å²) < 4.78 is 0. The summed E-state index contributed by atoms with van der Waals surface area (Å²) in [5.41, 5.74) is 2.16. The lowest BCUT2D eigenvalue weighted by molar-refractivity contribution is -0.117. The van der Waals surface area contributed by atoms with Gasteiger partial charge in [-0.2, -0.15) is 0 Å². The Labute approximate surface area is 116 Å². The van der Waals surface area contributed by atoms with Crippen LogP contribution in [0.2, 0.25) is 0 Å². The Morgan fingerprint density at radius 3 is 2.63 bits per heavy atom. The molecule has 2 aliphatic heterocycles. The van der Waals surface area contributed by atoms with Crippen molar-refractivity contribution in [1.29, 1.82) is 0 Å². The highest BCUT2D eigenvalue weighted by Crippen LogP contribution is 2.15. The zero-order valence-electron chi connectivity index (χ0n) is 12.3. The fourth-order valence-corrected chi connectivity index (χ4v) is 2.60. The Bertz CT molecular complexity index is 337. The molecule has 2 saturated heterocycles. The maximum Gasteiger partial charge on any atom is 0.246 e. The van der Waals surface area contributed by atoms with Gasteiger partial charge in [0.1, 0.15) is 0 Å². The van der Waals surface area contributed by atoms with Crippen molar-refractivity contribution in [2.24, 2.45) is 5.92 Å². The Morgan fingerprint density at radius 1 is 1.37 bits per heavy atom. The van der Waals surface area contributed by atoms with Gasteiger partial charge < -0.3 is 15.5 Å². The van der Waals surface area contributed by atoms with E-state index in [1.165, 1.54) is 31.5 Å². The molecule has 2 aliphatic rings. The van der Waals surface area contributed by atoms with Gasteiger partial charge in [-0.05, 0) is 57.3 Å². The van der Waals surface area contributed by atoms with Crippen LogP contribution < -0.4 is 10.6 Å². The molecule has 2 fully saturated rings. The topological polar surface area (TPSA) is 44.4 Å². The summed E-state index contributed by atoms with van der Waals surface area (Å²) in [6.07, 6.45) is 3.70. The summed E-state index contributed by atoms with van der Waals surface area (Å²) in [7, 11) is 0. The van der Waals surface area contributed by atoms with Crippen LogP contribution in [0.5, 0.6) is 0 Å². The second-order valence-electron chi connectivity index (χ2n) is 5.97. The molecule has 0 bridgehead atoms. The molecule has 0 spiro atoms. The summed E-state index contributed by atoms with van der Waals surface area (Å²) in [4.78, 5) is 14.4. The van der Waals surface area contributed by atoms with Gasteiger partial charge in [0, 0.05) is 25.2 Å². The quantitative estimate of drug-likeness (QED) is 0.579. The molecule has 1 amide bonds. The summed E-state index contributed by atoms with van der Waals surface area (Å²) in [5.74, 6) is 1.00. The highest BCUT2D eigenvalue weighted by molar-refractivity contribution is 5.93. The van der Waals surface area contributed by atoms with Gasteiger partial charge in [-0.15, -0.1) is 0 Å². The van der Waals surface area contributed by atoms with Crippen LogP contribution in [0.4, 0.5) is 0 Å². The number of amides is 1. The van der Waals surface area contributed by atoms with Crippen LogP contribution in [-0.4, -0.2) is 50.1 Å². The van der Waals surface area contributed by atoms with Crippen molar-refractivity contribution in [3.63, 3.8) is 0 Å². The second-order valence-corrected chi connectivity index (χ2v) is 5.97. The van der Waals surface area contributed by atoms with Crippen LogP contribution in [0, 0.1) is 5.92 Å². The van der Waals surface area contributed by atoms with Crippen molar-refractivity contribution < 1.29 is 4.79 Å². The maximum absolute atomic E-state index is 11.9. The molecule has 0 aromatic rings. The molecular formula is C15H27N3O. The lowest BCUT2D eigenvalue weighted by Gasteiger charge is -2.30. The van der Waals surface area contributed by atoms with Gasteiger partial charge in [-0.25, -0.2) is 0 Å². The number of hydrogen-bond acceptors (Lipinski definition) is 3. The van der Waals surface area contributed by atoms with Crippen molar-refractivity contribution >= 4 is 5.91 Å². The van der Waals surface area contributed by atoms with Crippen LogP contribution in [0.3, 0.4) is 0 Å². The largest absolute Gasteiger partial charge is 0.352 e. The zero-order valence-corrected chi connectivity index (χ0v) is 12.3. The molecular weight excluding hydrogens is 238 g/mol. The van der Waals surface area contributed by atoms with E-state index in [0.29, 0.717) is 0 Å². The molecule has 0 atom stereocenters. The number of piperidine rings is 1. The molecule has 0 unspecified atom stereocenters. The molecule has 2 rings (SSSR count). The van der Waals surface area contributed by atoms with Crippen molar-refractivity contribution in [3.8, 4) is 0 Å². The third kappa shape index (κ3) is 4.32. The molecule has 0 aliphatic carbocycles. The highest BCUT2D eigenvalue weighted by atomic mass is 16.1. The smallest absolute Gasteiger partial charge is 0.246 e. The molecule has 4 heteroatoms. The summed E-state index contributed by atoms with van der Waals surface area (Å²) in [6.45, 7) is 10.4. The second kappa shape index (κ2) is 7.06. The van der Waals surface area contributed by atoms with Gasteiger partial charge in [-0.3, -0.25) is 4.79 Å². The van der Waals surface area contributed by atoms with E-state index in [9.17, 15) is 4.79 Å². The third-order valence-electron chi connectivity index (χ3n) is 4.36. The molecule has 2 heterocycles. The summed E-state index contributed by atoms with van der Waals surface area (Å²) in [6, 6.07) is 0. The van der Waals surface area contributed by atoms with E-state index in [2.05, 4.69) is 22.5 Å². The Kier molecular flexibility index (Phi) is 5.40. The van der Waals surface area contributed by atoms with E-state index in [4.69, 9.17) is 0 Å². The summed E-state index contributed by atoms with van der Waals surface area (Å²) in [5, 5.41) is 6.19. The number of nitrogens with zero attached hydrogens (tertiary/aromatic N) is 1. The fourth-order valence-electron chi connectivity index (χ4n) is 2.60. The number of carbonyl (C=O) groups is 1. The van der Waals surface area contributed by atoms with Crippen LogP contribution in [-0.2, 0) is 4.79 Å². The standard InChI is InChI=1S/C15H27N3O/c1-12-4-8-18(9-5-12)7-3-6-17-15(19)13(2)14-10-16-11-14/h12,16H,3-11H2,1-2H3,(H,17,19). The van der Waals surface area contributed by atoms with Gasteiger partial charge >= 0.3 is 0 Å². The Balaban J connectivity index is 1.58. The minimum Gasteiger partial charge on any atom is -0.352 e. The maximum atomic E-state index is 11.9. The average Bonchev–Trinajstić information content (AvgIpc) is 2.34. The lowest BCUT2D eigenvalue weighted by atomic mass is 9.99. The van der Waals surface area contributed by atoms with Crippen LogP contribution in [0.25, 0.3) is 0 Å².